The van der Waals surface area contributed by atoms with Crippen LogP contribution < -0.4 is 5.73 Å². The van der Waals surface area contributed by atoms with E-state index in [2.05, 4.69) is 57.5 Å². The molecule has 0 bridgehead atoms. The predicted molar refractivity (Wildman–Crippen MR) is 75.0 cm³/mol. The Kier molecular flexibility index (Phi) is 3.40. The molecular weight excluding hydrogens is 280 g/mol. The maximum atomic E-state index is 5.97. The molecule has 0 radical (unpaired) electrons. The van der Waals surface area contributed by atoms with E-state index in [4.69, 9.17) is 5.73 Å². The fourth-order valence-electron chi connectivity index (χ4n) is 1.73. The van der Waals surface area contributed by atoms with Crippen LogP contribution >= 0.6 is 15.9 Å². The molecule has 0 amide bonds. The average molecular weight is 297 g/mol. The second-order valence-corrected chi connectivity index (χ2v) is 5.44. The number of hydrogen-bond donors (Lipinski definition) is 1. The maximum absolute atomic E-state index is 5.97. The van der Waals surface area contributed by atoms with E-state index in [9.17, 15) is 0 Å². The Morgan fingerprint density at radius 1 is 1.47 bits per heavy atom. The molecule has 0 aliphatic rings. The SMILES string of the molecule is CC(Cn1c(N)nc2ccc(Br)cc21)N(C)C. The van der Waals surface area contributed by atoms with E-state index in [1.807, 2.05) is 12.1 Å². The lowest BCUT2D eigenvalue weighted by molar-refractivity contribution is 0.287. The summed E-state index contributed by atoms with van der Waals surface area (Å²) in [6.45, 7) is 3.01. The van der Waals surface area contributed by atoms with Gasteiger partial charge in [-0.2, -0.15) is 0 Å². The molecule has 2 rings (SSSR count). The number of rotatable bonds is 3. The van der Waals surface area contributed by atoms with Crippen LogP contribution in [0.1, 0.15) is 6.92 Å². The number of likely N-dealkylation sites (N-methyl/N-ethyl adjacent to an activating group) is 1. The van der Waals surface area contributed by atoms with Crippen molar-refractivity contribution < 1.29 is 0 Å². The van der Waals surface area contributed by atoms with Gasteiger partial charge in [0.25, 0.3) is 0 Å². The molecule has 0 saturated heterocycles. The van der Waals surface area contributed by atoms with Crippen LogP contribution in [0.15, 0.2) is 22.7 Å². The summed E-state index contributed by atoms with van der Waals surface area (Å²) in [4.78, 5) is 6.54. The summed E-state index contributed by atoms with van der Waals surface area (Å²) >= 11 is 3.48. The van der Waals surface area contributed by atoms with E-state index in [0.29, 0.717) is 12.0 Å². The molecule has 0 aliphatic carbocycles. The third-order valence-corrected chi connectivity index (χ3v) is 3.56. The Morgan fingerprint density at radius 3 is 2.82 bits per heavy atom. The summed E-state index contributed by atoms with van der Waals surface area (Å²) in [5.74, 6) is 0.576. The first-order valence-corrected chi connectivity index (χ1v) is 6.36. The Hall–Kier alpha value is -1.07. The zero-order chi connectivity index (χ0) is 12.6. The normalized spacial score (nSPS) is 13.5. The molecule has 5 heteroatoms. The first-order valence-electron chi connectivity index (χ1n) is 5.56. The van der Waals surface area contributed by atoms with Crippen molar-refractivity contribution in [3.05, 3.63) is 22.7 Å². The summed E-state index contributed by atoms with van der Waals surface area (Å²) in [6, 6.07) is 6.43. The molecule has 2 aromatic rings. The van der Waals surface area contributed by atoms with Gasteiger partial charge < -0.3 is 15.2 Å². The molecule has 1 heterocycles. The highest BCUT2D eigenvalue weighted by Crippen LogP contribution is 2.22. The minimum Gasteiger partial charge on any atom is -0.369 e. The number of nitrogens with two attached hydrogens (primary N) is 1. The van der Waals surface area contributed by atoms with Gasteiger partial charge in [-0.05, 0) is 39.2 Å². The molecule has 1 aromatic heterocycles. The minimum atomic E-state index is 0.411. The summed E-state index contributed by atoms with van der Waals surface area (Å²) in [6.07, 6.45) is 0. The minimum absolute atomic E-state index is 0.411. The molecule has 1 unspecified atom stereocenters. The molecule has 2 N–H and O–H groups in total. The van der Waals surface area contributed by atoms with Gasteiger partial charge >= 0.3 is 0 Å². The molecule has 92 valence electrons. The number of nitrogen functional groups attached to an aromatic ring is 1. The monoisotopic (exact) mass is 296 g/mol. The van der Waals surface area contributed by atoms with E-state index in [1.54, 1.807) is 0 Å². The summed E-state index contributed by atoms with van der Waals surface area (Å²) in [7, 11) is 4.13. The number of benzene rings is 1. The van der Waals surface area contributed by atoms with Gasteiger partial charge in [-0.3, -0.25) is 0 Å². The van der Waals surface area contributed by atoms with Crippen molar-refractivity contribution in [2.45, 2.75) is 19.5 Å². The molecule has 0 fully saturated rings. The highest BCUT2D eigenvalue weighted by atomic mass is 79.9. The molecule has 0 spiro atoms. The molecule has 0 aliphatic heterocycles. The Balaban J connectivity index is 2.45. The van der Waals surface area contributed by atoms with Crippen molar-refractivity contribution in [2.24, 2.45) is 0 Å². The molecule has 1 atom stereocenters. The first-order chi connectivity index (χ1) is 7.99. The third kappa shape index (κ3) is 2.45. The van der Waals surface area contributed by atoms with Crippen molar-refractivity contribution in [3.63, 3.8) is 0 Å². The van der Waals surface area contributed by atoms with Gasteiger partial charge in [0.15, 0.2) is 0 Å². The van der Waals surface area contributed by atoms with E-state index >= 15 is 0 Å². The molecule has 1 aromatic carbocycles. The predicted octanol–water partition coefficient (Wildman–Crippen LogP) is 2.33. The lowest BCUT2D eigenvalue weighted by Gasteiger charge is -2.21. The van der Waals surface area contributed by atoms with Crippen LogP contribution in [0.3, 0.4) is 0 Å². The number of nitrogens with zero attached hydrogens (tertiary/aromatic N) is 3. The smallest absolute Gasteiger partial charge is 0.201 e. The van der Waals surface area contributed by atoms with E-state index in [0.717, 1.165) is 22.1 Å². The summed E-state index contributed by atoms with van der Waals surface area (Å²) < 4.78 is 3.11. The van der Waals surface area contributed by atoms with Crippen LogP contribution in [0.25, 0.3) is 11.0 Å². The van der Waals surface area contributed by atoms with Gasteiger partial charge in [0.1, 0.15) is 0 Å². The van der Waals surface area contributed by atoms with Crippen LogP contribution in [0.5, 0.6) is 0 Å². The highest BCUT2D eigenvalue weighted by Gasteiger charge is 2.12. The average Bonchev–Trinajstić information content (AvgIpc) is 2.55. The van der Waals surface area contributed by atoms with Crippen molar-refractivity contribution in [1.29, 1.82) is 0 Å². The van der Waals surface area contributed by atoms with Gasteiger partial charge in [0.2, 0.25) is 5.95 Å². The van der Waals surface area contributed by atoms with Gasteiger partial charge in [0, 0.05) is 17.1 Å². The standard InChI is InChI=1S/C12H17BrN4/c1-8(16(2)3)7-17-11-6-9(13)4-5-10(11)15-12(17)14/h4-6,8H,7H2,1-3H3,(H2,14,15). The molecule has 0 saturated carbocycles. The van der Waals surface area contributed by atoms with Gasteiger partial charge in [-0.15, -0.1) is 0 Å². The Morgan fingerprint density at radius 2 is 2.18 bits per heavy atom. The quantitative estimate of drug-likeness (QED) is 0.946. The van der Waals surface area contributed by atoms with E-state index < -0.39 is 0 Å². The van der Waals surface area contributed by atoms with Crippen LogP contribution in [0.2, 0.25) is 0 Å². The number of fused-ring (bicyclic) bond motifs is 1. The zero-order valence-electron chi connectivity index (χ0n) is 10.3. The molecule has 17 heavy (non-hydrogen) atoms. The van der Waals surface area contributed by atoms with Crippen LogP contribution in [0.4, 0.5) is 5.95 Å². The van der Waals surface area contributed by atoms with Crippen LogP contribution in [-0.4, -0.2) is 34.6 Å². The number of hydrogen-bond acceptors (Lipinski definition) is 3. The number of aromatic nitrogens is 2. The highest BCUT2D eigenvalue weighted by molar-refractivity contribution is 9.10. The largest absolute Gasteiger partial charge is 0.369 e. The lowest BCUT2D eigenvalue weighted by atomic mass is 10.3. The fraction of sp³-hybridized carbons (Fsp3) is 0.417. The number of halogens is 1. The number of imidazole rings is 1. The Bertz CT molecular complexity index is 533. The van der Waals surface area contributed by atoms with Crippen molar-refractivity contribution >= 4 is 32.9 Å². The van der Waals surface area contributed by atoms with Gasteiger partial charge in [0.05, 0.1) is 11.0 Å². The van der Waals surface area contributed by atoms with Crippen molar-refractivity contribution in [2.75, 3.05) is 19.8 Å². The second kappa shape index (κ2) is 4.66. The van der Waals surface area contributed by atoms with E-state index in [-0.39, 0.29) is 0 Å². The third-order valence-electron chi connectivity index (χ3n) is 3.07. The molecule has 4 nitrogen and oxygen atoms in total. The lowest BCUT2D eigenvalue weighted by Crippen LogP contribution is -2.29. The Labute approximate surface area is 110 Å². The van der Waals surface area contributed by atoms with Crippen LogP contribution in [-0.2, 0) is 6.54 Å². The first kappa shape index (κ1) is 12.4. The zero-order valence-corrected chi connectivity index (χ0v) is 11.9. The maximum Gasteiger partial charge on any atom is 0.201 e. The van der Waals surface area contributed by atoms with Crippen molar-refractivity contribution in [1.82, 2.24) is 14.5 Å². The second-order valence-electron chi connectivity index (χ2n) is 4.53. The topological polar surface area (TPSA) is 47.1 Å². The molecular formula is C12H17BrN4. The van der Waals surface area contributed by atoms with E-state index in [1.165, 1.54) is 0 Å². The number of anilines is 1. The fourth-order valence-corrected chi connectivity index (χ4v) is 2.08. The van der Waals surface area contributed by atoms with Gasteiger partial charge in [-0.1, -0.05) is 15.9 Å². The van der Waals surface area contributed by atoms with Crippen LogP contribution in [0, 0.1) is 0 Å². The summed E-state index contributed by atoms with van der Waals surface area (Å²) in [5, 5.41) is 0. The van der Waals surface area contributed by atoms with Gasteiger partial charge in [-0.25, -0.2) is 4.98 Å². The van der Waals surface area contributed by atoms with Crippen molar-refractivity contribution in [3.8, 4) is 0 Å². The summed E-state index contributed by atoms with van der Waals surface area (Å²) in [5.41, 5.74) is 7.99.